The van der Waals surface area contributed by atoms with Gasteiger partial charge < -0.3 is 35.9 Å². The summed E-state index contributed by atoms with van der Waals surface area (Å²) in [5.41, 5.74) is 14.0. The summed E-state index contributed by atoms with van der Waals surface area (Å²) < 4.78 is 36.0. The van der Waals surface area contributed by atoms with E-state index in [1.807, 2.05) is 36.4 Å². The number of alkyl halides is 3. The Kier molecular flexibility index (Phi) is 20.9. The number of nitrogens with one attached hydrogen (secondary N) is 1. The van der Waals surface area contributed by atoms with Crippen molar-refractivity contribution in [2.45, 2.75) is 45.2 Å². The van der Waals surface area contributed by atoms with Crippen LogP contribution in [-0.2, 0) is 58.1 Å². The first-order valence-electron chi connectivity index (χ1n) is 19.4. The summed E-state index contributed by atoms with van der Waals surface area (Å²) in [4.78, 5) is 57.7. The van der Waals surface area contributed by atoms with Gasteiger partial charge in [-0.05, 0) is 76.6 Å². The number of nitrogens with zero attached hydrogens (tertiary/aromatic N) is 2. The molecule has 16 heteroatoms. The van der Waals surface area contributed by atoms with E-state index in [1.165, 1.54) is 53.2 Å². The van der Waals surface area contributed by atoms with Crippen molar-refractivity contribution in [3.8, 4) is 0 Å². The molecule has 5 N–H and O–H groups in total. The molecule has 0 radical (unpaired) electrons. The standard InChI is InChI=1S/C22H24N2O3.C17H17NO2.C5H9NO2.C2HF3O2/c1-27-21(25)7-4-13-23-22(26)19-10-8-17(9-11-19)15-24-14-12-18-5-2-3-6-20(18)16-24;19-17(20)15-7-5-13(6-8-15)11-18-10-9-14-3-1-2-4-16(14)12-18;6-3-1-2-5(8)4-7;3-2(4,5)1(6)7/h2-11H,12-16H2,1H3,(H,23,26);1-8H,9-12H2,(H,19,20);1-2,7H,3-4,6H2;(H,6,7)/p-1/b7-4+;;2-1+;. The van der Waals surface area contributed by atoms with Gasteiger partial charge in [0.25, 0.3) is 5.91 Å². The molecule has 0 aliphatic carbocycles. The van der Waals surface area contributed by atoms with E-state index in [2.05, 4.69) is 68.4 Å². The molecule has 62 heavy (non-hydrogen) atoms. The zero-order valence-electron chi connectivity index (χ0n) is 34.2. The molecule has 4 aromatic rings. The van der Waals surface area contributed by atoms with Crippen LogP contribution in [0.4, 0.5) is 13.2 Å². The van der Waals surface area contributed by atoms with Gasteiger partial charge in [0.15, 0.2) is 5.78 Å². The summed E-state index contributed by atoms with van der Waals surface area (Å²) in [5, 5.41) is 28.5. The van der Waals surface area contributed by atoms with Crippen LogP contribution in [0, 0.1) is 0 Å². The van der Waals surface area contributed by atoms with Crippen LogP contribution in [0.15, 0.2) is 121 Å². The predicted octanol–water partition coefficient (Wildman–Crippen LogP) is 4.01. The van der Waals surface area contributed by atoms with Crippen molar-refractivity contribution in [1.29, 1.82) is 0 Å². The highest BCUT2D eigenvalue weighted by Gasteiger charge is 2.29. The van der Waals surface area contributed by atoms with Gasteiger partial charge in [0.2, 0.25) is 0 Å². The molecule has 330 valence electrons. The van der Waals surface area contributed by atoms with Crippen molar-refractivity contribution in [3.63, 3.8) is 0 Å². The van der Waals surface area contributed by atoms with E-state index in [1.54, 1.807) is 18.2 Å². The highest BCUT2D eigenvalue weighted by molar-refractivity contribution is 5.94. The summed E-state index contributed by atoms with van der Waals surface area (Å²) in [5.74, 6) is -4.79. The molecular formula is C46H50F3N4O9-. The maximum Gasteiger partial charge on any atom is 0.430 e. The molecule has 0 aromatic heterocycles. The molecule has 4 aromatic carbocycles. The van der Waals surface area contributed by atoms with Gasteiger partial charge in [0.1, 0.15) is 12.6 Å². The number of carbonyl (C=O) groups is 5. The van der Waals surface area contributed by atoms with Crippen LogP contribution in [0.3, 0.4) is 0 Å². The maximum atomic E-state index is 12.1. The minimum atomic E-state index is -5.19. The van der Waals surface area contributed by atoms with Gasteiger partial charge in [-0.1, -0.05) is 84.9 Å². The Balaban J connectivity index is 0.000000255. The Morgan fingerprint density at radius 1 is 0.742 bits per heavy atom. The summed E-state index contributed by atoms with van der Waals surface area (Å²) >= 11 is 0. The minimum absolute atomic E-state index is 0.164. The van der Waals surface area contributed by atoms with Gasteiger partial charge in [0.05, 0.1) is 12.7 Å². The van der Waals surface area contributed by atoms with Gasteiger partial charge >= 0.3 is 18.1 Å². The van der Waals surface area contributed by atoms with Gasteiger partial charge in [-0.15, -0.1) is 0 Å². The summed E-state index contributed by atoms with van der Waals surface area (Å²) in [7, 11) is 1.31. The fourth-order valence-corrected chi connectivity index (χ4v) is 6.14. The Morgan fingerprint density at radius 3 is 1.60 bits per heavy atom. The van der Waals surface area contributed by atoms with Crippen LogP contribution in [0.2, 0.25) is 0 Å². The van der Waals surface area contributed by atoms with E-state index in [0.29, 0.717) is 17.7 Å². The lowest BCUT2D eigenvalue weighted by atomic mass is 9.99. The third-order valence-corrected chi connectivity index (χ3v) is 9.31. The number of rotatable bonds is 12. The van der Waals surface area contributed by atoms with Crippen LogP contribution in [0.25, 0.3) is 0 Å². The molecule has 2 aliphatic rings. The lowest BCUT2D eigenvalue weighted by Gasteiger charge is -2.28. The molecule has 6 rings (SSSR count). The van der Waals surface area contributed by atoms with Gasteiger partial charge in [-0.2, -0.15) is 13.2 Å². The van der Waals surface area contributed by atoms with Crippen LogP contribution < -0.4 is 16.2 Å². The Labute approximate surface area is 357 Å². The molecular weight excluding hydrogens is 810 g/mol. The quantitative estimate of drug-likeness (QED) is 0.118. The lowest BCUT2D eigenvalue weighted by molar-refractivity contribution is -0.344. The molecule has 2 heterocycles. The monoisotopic (exact) mass is 859 g/mol. The van der Waals surface area contributed by atoms with Crippen molar-refractivity contribution >= 4 is 29.6 Å². The van der Waals surface area contributed by atoms with E-state index in [4.69, 9.17) is 25.8 Å². The smallest absolute Gasteiger partial charge is 0.430 e. The summed E-state index contributed by atoms with van der Waals surface area (Å²) in [6, 6.07) is 32.0. The van der Waals surface area contributed by atoms with Gasteiger partial charge in [0, 0.05) is 64.0 Å². The van der Waals surface area contributed by atoms with E-state index in [0.717, 1.165) is 57.7 Å². The normalized spacial score (nSPS) is 13.5. The van der Waals surface area contributed by atoms with Crippen LogP contribution in [-0.4, -0.2) is 95.7 Å². The zero-order chi connectivity index (χ0) is 45.5. The third-order valence-electron chi connectivity index (χ3n) is 9.31. The third kappa shape index (κ3) is 18.0. The summed E-state index contributed by atoms with van der Waals surface area (Å²) in [6.45, 7) is 5.96. The number of benzene rings is 4. The van der Waals surface area contributed by atoms with E-state index in [-0.39, 0.29) is 18.2 Å². The summed E-state index contributed by atoms with van der Waals surface area (Å²) in [6.07, 6.45) is 2.59. The van der Waals surface area contributed by atoms with Crippen molar-refractivity contribution in [3.05, 3.63) is 166 Å². The van der Waals surface area contributed by atoms with Crippen LogP contribution in [0.1, 0.15) is 54.1 Å². The predicted molar refractivity (Wildman–Crippen MR) is 223 cm³/mol. The molecule has 0 unspecified atom stereocenters. The minimum Gasteiger partial charge on any atom is -0.542 e. The van der Waals surface area contributed by atoms with E-state index in [9.17, 15) is 32.3 Å². The topological polar surface area (TPSA) is 203 Å². The average Bonchev–Trinajstić information content (AvgIpc) is 3.27. The lowest BCUT2D eigenvalue weighted by Crippen LogP contribution is -2.37. The number of esters is 1. The SMILES string of the molecule is COC(=O)/C=C/CNC(=O)c1ccc(CN2CCc3ccccc3C2)cc1.NC/C=C/C(=O)CO.O=C(O)c1ccc(CN2CCc3ccccc3C2)cc1.O=C([O-])C(F)(F)F. The van der Waals surface area contributed by atoms with Crippen molar-refractivity contribution in [1.82, 2.24) is 15.1 Å². The maximum absolute atomic E-state index is 12.1. The molecule has 13 nitrogen and oxygen atoms in total. The number of halogens is 3. The highest BCUT2D eigenvalue weighted by Crippen LogP contribution is 2.22. The number of aliphatic hydroxyl groups excluding tert-OH is 1. The molecule has 0 saturated carbocycles. The number of fused-ring (bicyclic) bond motifs is 2. The largest absolute Gasteiger partial charge is 0.542 e. The van der Waals surface area contributed by atoms with Gasteiger partial charge in [-0.25, -0.2) is 9.59 Å². The molecule has 0 spiro atoms. The zero-order valence-corrected chi connectivity index (χ0v) is 34.2. The van der Waals surface area contributed by atoms with E-state index >= 15 is 0 Å². The van der Waals surface area contributed by atoms with Crippen molar-refractivity contribution in [2.24, 2.45) is 5.73 Å². The fourth-order valence-electron chi connectivity index (χ4n) is 6.14. The first-order chi connectivity index (χ1) is 29.6. The number of aromatic carboxylic acids is 1. The molecule has 2 aliphatic heterocycles. The number of ether oxygens (including phenoxy) is 1. The second kappa shape index (κ2) is 26.0. The molecule has 0 fully saturated rings. The van der Waals surface area contributed by atoms with E-state index < -0.39 is 30.7 Å². The second-order valence-corrected chi connectivity index (χ2v) is 13.8. The van der Waals surface area contributed by atoms with Crippen molar-refractivity contribution in [2.75, 3.05) is 39.9 Å². The molecule has 0 saturated heterocycles. The Morgan fingerprint density at radius 2 is 1.19 bits per heavy atom. The Hall–Kier alpha value is -6.46. The van der Waals surface area contributed by atoms with Gasteiger partial charge in [-0.3, -0.25) is 19.4 Å². The number of carboxylic acid groups (broad SMARTS) is 2. The van der Waals surface area contributed by atoms with Crippen LogP contribution in [0.5, 0.6) is 0 Å². The van der Waals surface area contributed by atoms with Crippen LogP contribution >= 0.6 is 0 Å². The number of ketones is 1. The Bertz CT molecular complexity index is 2140. The second-order valence-electron chi connectivity index (χ2n) is 13.8. The number of methoxy groups -OCH3 is 1. The molecule has 0 atom stereocenters. The number of carboxylic acids is 2. The molecule has 1 amide bonds. The fraction of sp³-hybridized carbons (Fsp3) is 0.283. The number of hydrogen-bond acceptors (Lipinski definition) is 11. The number of aliphatic hydroxyl groups is 1. The first kappa shape index (κ1) is 49.9. The number of nitrogens with two attached hydrogens (primary N) is 1. The number of carbonyl (C=O) groups excluding carboxylic acids is 4. The molecule has 0 bridgehead atoms. The highest BCUT2D eigenvalue weighted by atomic mass is 19.4. The average molecular weight is 860 g/mol. The van der Waals surface area contributed by atoms with Crippen molar-refractivity contribution < 1.29 is 57.2 Å². The number of aliphatic carboxylic acids is 1. The first-order valence-corrected chi connectivity index (χ1v) is 19.4. The number of hydrogen-bond donors (Lipinski definition) is 4. The number of amides is 1.